The predicted molar refractivity (Wildman–Crippen MR) is 78.8 cm³/mol. The molecule has 1 aromatic rings. The SMILES string of the molecule is NCCC1CCCCN1C(=O)c1ccc(Cl)c(Cl)c1. The Kier molecular flexibility index (Phi) is 5.08. The van der Waals surface area contributed by atoms with E-state index >= 15 is 0 Å². The summed E-state index contributed by atoms with van der Waals surface area (Å²) in [4.78, 5) is 14.5. The zero-order valence-corrected chi connectivity index (χ0v) is 12.3. The minimum absolute atomic E-state index is 0.0247. The van der Waals surface area contributed by atoms with Gasteiger partial charge < -0.3 is 10.6 Å². The van der Waals surface area contributed by atoms with Crippen LogP contribution in [0.4, 0.5) is 0 Å². The third kappa shape index (κ3) is 3.41. The standard InChI is InChI=1S/C14H18Cl2N2O/c15-12-5-4-10(9-13(12)16)14(19)18-8-2-1-3-11(18)6-7-17/h4-5,9,11H,1-3,6-8,17H2. The van der Waals surface area contributed by atoms with Gasteiger partial charge in [0.2, 0.25) is 0 Å². The van der Waals surface area contributed by atoms with Crippen molar-refractivity contribution in [1.29, 1.82) is 0 Å². The van der Waals surface area contributed by atoms with E-state index in [1.165, 1.54) is 0 Å². The molecule has 1 aliphatic heterocycles. The summed E-state index contributed by atoms with van der Waals surface area (Å²) in [5.74, 6) is 0.0247. The largest absolute Gasteiger partial charge is 0.336 e. The summed E-state index contributed by atoms with van der Waals surface area (Å²) in [6.45, 7) is 1.40. The molecule has 0 saturated carbocycles. The molecule has 1 amide bonds. The summed E-state index contributed by atoms with van der Waals surface area (Å²) in [7, 11) is 0. The van der Waals surface area contributed by atoms with Crippen molar-refractivity contribution in [3.05, 3.63) is 33.8 Å². The first-order valence-corrected chi connectivity index (χ1v) is 7.35. The van der Waals surface area contributed by atoms with Gasteiger partial charge in [-0.2, -0.15) is 0 Å². The minimum atomic E-state index is 0.0247. The predicted octanol–water partition coefficient (Wildman–Crippen LogP) is 3.34. The van der Waals surface area contributed by atoms with Crippen LogP contribution in [-0.4, -0.2) is 29.9 Å². The van der Waals surface area contributed by atoms with Gasteiger partial charge in [-0.05, 0) is 50.4 Å². The maximum atomic E-state index is 12.5. The molecule has 19 heavy (non-hydrogen) atoms. The topological polar surface area (TPSA) is 46.3 Å². The Hall–Kier alpha value is -0.770. The Balaban J connectivity index is 2.18. The van der Waals surface area contributed by atoms with Crippen molar-refractivity contribution in [1.82, 2.24) is 4.90 Å². The second-order valence-electron chi connectivity index (χ2n) is 4.85. The number of nitrogens with two attached hydrogens (primary N) is 1. The van der Waals surface area contributed by atoms with E-state index < -0.39 is 0 Å². The fourth-order valence-electron chi connectivity index (χ4n) is 2.56. The molecule has 0 aromatic heterocycles. The van der Waals surface area contributed by atoms with E-state index in [9.17, 15) is 4.79 Å². The van der Waals surface area contributed by atoms with Crippen LogP contribution in [0.5, 0.6) is 0 Å². The highest BCUT2D eigenvalue weighted by molar-refractivity contribution is 6.42. The van der Waals surface area contributed by atoms with E-state index in [4.69, 9.17) is 28.9 Å². The van der Waals surface area contributed by atoms with Crippen LogP contribution < -0.4 is 5.73 Å². The van der Waals surface area contributed by atoms with E-state index in [0.29, 0.717) is 22.2 Å². The van der Waals surface area contributed by atoms with Crippen molar-refractivity contribution in [2.24, 2.45) is 5.73 Å². The Bertz CT molecular complexity index is 463. The van der Waals surface area contributed by atoms with Crippen LogP contribution in [-0.2, 0) is 0 Å². The van der Waals surface area contributed by atoms with Crippen molar-refractivity contribution in [3.8, 4) is 0 Å². The van der Waals surface area contributed by atoms with Crippen LogP contribution in [0.3, 0.4) is 0 Å². The van der Waals surface area contributed by atoms with Crippen LogP contribution in [0, 0.1) is 0 Å². The molecule has 2 N–H and O–H groups in total. The molecular weight excluding hydrogens is 283 g/mol. The van der Waals surface area contributed by atoms with Crippen molar-refractivity contribution < 1.29 is 4.79 Å². The molecule has 1 saturated heterocycles. The van der Waals surface area contributed by atoms with Crippen molar-refractivity contribution in [2.75, 3.05) is 13.1 Å². The number of carbonyl (C=O) groups excluding carboxylic acids is 1. The quantitative estimate of drug-likeness (QED) is 0.930. The number of hydrogen-bond donors (Lipinski definition) is 1. The molecule has 2 rings (SSSR count). The highest BCUT2D eigenvalue weighted by atomic mass is 35.5. The first kappa shape index (κ1) is 14.6. The van der Waals surface area contributed by atoms with Crippen LogP contribution in [0.1, 0.15) is 36.0 Å². The van der Waals surface area contributed by atoms with Crippen molar-refractivity contribution in [2.45, 2.75) is 31.7 Å². The second kappa shape index (κ2) is 6.60. The van der Waals surface area contributed by atoms with Crippen LogP contribution >= 0.6 is 23.2 Å². The number of halogens is 2. The van der Waals surface area contributed by atoms with Gasteiger partial charge >= 0.3 is 0 Å². The van der Waals surface area contributed by atoms with Gasteiger partial charge in [0.25, 0.3) is 5.91 Å². The molecule has 1 aromatic carbocycles. The first-order valence-electron chi connectivity index (χ1n) is 6.59. The molecular formula is C14H18Cl2N2O. The summed E-state index contributed by atoms with van der Waals surface area (Å²) >= 11 is 11.8. The first-order chi connectivity index (χ1) is 9.13. The van der Waals surface area contributed by atoms with Gasteiger partial charge in [0, 0.05) is 18.2 Å². The average molecular weight is 301 g/mol. The molecule has 0 spiro atoms. The summed E-state index contributed by atoms with van der Waals surface area (Å²) in [6, 6.07) is 5.28. The molecule has 1 heterocycles. The molecule has 1 atom stereocenters. The molecule has 0 aliphatic carbocycles. The zero-order chi connectivity index (χ0) is 13.8. The maximum Gasteiger partial charge on any atom is 0.254 e. The number of hydrogen-bond acceptors (Lipinski definition) is 2. The lowest BCUT2D eigenvalue weighted by Gasteiger charge is -2.35. The summed E-state index contributed by atoms with van der Waals surface area (Å²) < 4.78 is 0. The molecule has 3 nitrogen and oxygen atoms in total. The monoisotopic (exact) mass is 300 g/mol. The van der Waals surface area contributed by atoms with Gasteiger partial charge in [0.1, 0.15) is 0 Å². The Morgan fingerprint density at radius 2 is 2.11 bits per heavy atom. The number of amides is 1. The summed E-state index contributed by atoms with van der Waals surface area (Å²) in [5.41, 5.74) is 6.22. The smallest absolute Gasteiger partial charge is 0.254 e. The molecule has 1 aliphatic rings. The fourth-order valence-corrected chi connectivity index (χ4v) is 2.85. The lowest BCUT2D eigenvalue weighted by molar-refractivity contribution is 0.0605. The number of nitrogens with zero attached hydrogens (tertiary/aromatic N) is 1. The molecule has 0 bridgehead atoms. The van der Waals surface area contributed by atoms with Crippen LogP contribution in [0.15, 0.2) is 18.2 Å². The molecule has 5 heteroatoms. The Morgan fingerprint density at radius 3 is 2.79 bits per heavy atom. The van der Waals surface area contributed by atoms with E-state index in [-0.39, 0.29) is 11.9 Å². The summed E-state index contributed by atoms with van der Waals surface area (Å²) in [6.07, 6.45) is 4.10. The van der Waals surface area contributed by atoms with Gasteiger partial charge in [-0.3, -0.25) is 4.79 Å². The van der Waals surface area contributed by atoms with E-state index in [1.807, 2.05) is 4.90 Å². The maximum absolute atomic E-state index is 12.5. The van der Waals surface area contributed by atoms with Gasteiger partial charge in [-0.25, -0.2) is 0 Å². The lowest BCUT2D eigenvalue weighted by atomic mass is 9.98. The molecule has 1 fully saturated rings. The van der Waals surface area contributed by atoms with Gasteiger partial charge in [-0.1, -0.05) is 23.2 Å². The highest BCUT2D eigenvalue weighted by Gasteiger charge is 2.27. The Labute approximate surface area is 123 Å². The number of rotatable bonds is 3. The minimum Gasteiger partial charge on any atom is -0.336 e. The molecule has 1 unspecified atom stereocenters. The normalized spacial score (nSPS) is 19.5. The third-order valence-electron chi connectivity index (χ3n) is 3.55. The highest BCUT2D eigenvalue weighted by Crippen LogP contribution is 2.26. The van der Waals surface area contributed by atoms with Crippen molar-refractivity contribution >= 4 is 29.1 Å². The van der Waals surface area contributed by atoms with Crippen LogP contribution in [0.2, 0.25) is 10.0 Å². The second-order valence-corrected chi connectivity index (χ2v) is 5.67. The zero-order valence-electron chi connectivity index (χ0n) is 10.7. The molecule has 104 valence electrons. The lowest BCUT2D eigenvalue weighted by Crippen LogP contribution is -2.44. The average Bonchev–Trinajstić information content (AvgIpc) is 2.42. The summed E-state index contributed by atoms with van der Waals surface area (Å²) in [5, 5.41) is 0.885. The number of benzene rings is 1. The van der Waals surface area contributed by atoms with E-state index in [1.54, 1.807) is 18.2 Å². The van der Waals surface area contributed by atoms with E-state index in [0.717, 1.165) is 32.2 Å². The number of carbonyl (C=O) groups is 1. The molecule has 0 radical (unpaired) electrons. The van der Waals surface area contributed by atoms with Crippen LogP contribution in [0.25, 0.3) is 0 Å². The Morgan fingerprint density at radius 1 is 1.32 bits per heavy atom. The van der Waals surface area contributed by atoms with Gasteiger partial charge in [-0.15, -0.1) is 0 Å². The number of likely N-dealkylation sites (tertiary alicyclic amines) is 1. The van der Waals surface area contributed by atoms with Crippen molar-refractivity contribution in [3.63, 3.8) is 0 Å². The fraction of sp³-hybridized carbons (Fsp3) is 0.500. The number of piperidine rings is 1. The van der Waals surface area contributed by atoms with E-state index in [2.05, 4.69) is 0 Å². The third-order valence-corrected chi connectivity index (χ3v) is 4.29. The van der Waals surface area contributed by atoms with Gasteiger partial charge in [0.05, 0.1) is 10.0 Å². The van der Waals surface area contributed by atoms with Gasteiger partial charge in [0.15, 0.2) is 0 Å².